The quantitative estimate of drug-likeness (QED) is 0.732. The summed E-state index contributed by atoms with van der Waals surface area (Å²) >= 11 is 5.83. The minimum Gasteiger partial charge on any atom is -0.471 e. The zero-order valence-electron chi connectivity index (χ0n) is 13.9. The van der Waals surface area contributed by atoms with E-state index in [1.165, 1.54) is 0 Å². The van der Waals surface area contributed by atoms with Crippen molar-refractivity contribution in [3.05, 3.63) is 59.1 Å². The summed E-state index contributed by atoms with van der Waals surface area (Å²) in [5.74, 6) is 0.387. The lowest BCUT2D eigenvalue weighted by Crippen LogP contribution is -2.14. The van der Waals surface area contributed by atoms with Gasteiger partial charge in [-0.25, -0.2) is 4.68 Å². The summed E-state index contributed by atoms with van der Waals surface area (Å²) in [5, 5.41) is 11.9. The highest BCUT2D eigenvalue weighted by atomic mass is 35.5. The topological polar surface area (TPSA) is 74.0 Å². The second-order valence-electron chi connectivity index (χ2n) is 5.38. The lowest BCUT2D eigenvalue weighted by Gasteiger charge is -2.06. The number of ether oxygens (including phenoxy) is 1. The maximum Gasteiger partial charge on any atom is 0.276 e. The Balaban J connectivity index is 1.61. The summed E-state index contributed by atoms with van der Waals surface area (Å²) in [6.45, 7) is 4.85. The number of nitrogens with one attached hydrogen (secondary N) is 1. The first-order valence-corrected chi connectivity index (χ1v) is 8.20. The zero-order valence-corrected chi connectivity index (χ0v) is 14.7. The average Bonchev–Trinajstić information content (AvgIpc) is 3.22. The number of halogens is 1. The molecule has 25 heavy (non-hydrogen) atoms. The number of carbonyl (C=O) groups is 1. The molecule has 0 saturated heterocycles. The van der Waals surface area contributed by atoms with E-state index < -0.39 is 0 Å². The Labute approximate surface area is 150 Å². The molecule has 2 heterocycles. The fourth-order valence-corrected chi connectivity index (χ4v) is 2.43. The van der Waals surface area contributed by atoms with Gasteiger partial charge in [0.25, 0.3) is 5.91 Å². The van der Waals surface area contributed by atoms with Crippen LogP contribution in [0.3, 0.4) is 0 Å². The molecule has 0 saturated carbocycles. The number of hydrogen-bond donors (Lipinski definition) is 1. The Morgan fingerprint density at radius 2 is 2.04 bits per heavy atom. The Morgan fingerprint density at radius 1 is 1.28 bits per heavy atom. The fourth-order valence-electron chi connectivity index (χ4n) is 2.30. The Morgan fingerprint density at radius 3 is 2.72 bits per heavy atom. The summed E-state index contributed by atoms with van der Waals surface area (Å²) in [4.78, 5) is 12.3. The van der Waals surface area contributed by atoms with Gasteiger partial charge < -0.3 is 10.1 Å². The van der Waals surface area contributed by atoms with Crippen LogP contribution in [0.4, 0.5) is 5.69 Å². The molecule has 0 radical (unpaired) electrons. The van der Waals surface area contributed by atoms with E-state index in [2.05, 4.69) is 15.5 Å². The van der Waals surface area contributed by atoms with Gasteiger partial charge in [-0.1, -0.05) is 11.6 Å². The third kappa shape index (κ3) is 4.00. The van der Waals surface area contributed by atoms with Crippen LogP contribution in [0, 0.1) is 6.92 Å². The zero-order chi connectivity index (χ0) is 17.8. The molecule has 3 rings (SSSR count). The number of aromatic nitrogens is 4. The van der Waals surface area contributed by atoms with Gasteiger partial charge in [0.1, 0.15) is 5.75 Å². The van der Waals surface area contributed by atoms with Gasteiger partial charge >= 0.3 is 0 Å². The second kappa shape index (κ2) is 7.40. The van der Waals surface area contributed by atoms with Gasteiger partial charge in [-0.15, -0.1) is 0 Å². The van der Waals surface area contributed by atoms with Gasteiger partial charge in [0.2, 0.25) is 0 Å². The number of nitrogens with zero attached hydrogens (tertiary/aromatic N) is 4. The minimum absolute atomic E-state index is 0.196. The number of rotatable bonds is 6. The van der Waals surface area contributed by atoms with E-state index in [4.69, 9.17) is 16.3 Å². The van der Waals surface area contributed by atoms with Gasteiger partial charge in [0, 0.05) is 17.8 Å². The molecular weight excluding hydrogens is 342 g/mol. The molecule has 0 fully saturated rings. The highest BCUT2D eigenvalue weighted by Crippen LogP contribution is 2.16. The van der Waals surface area contributed by atoms with Crippen molar-refractivity contribution in [3.8, 4) is 5.75 Å². The van der Waals surface area contributed by atoms with Crippen LogP contribution in [-0.4, -0.2) is 25.5 Å². The van der Waals surface area contributed by atoms with Gasteiger partial charge in [-0.3, -0.25) is 9.48 Å². The summed E-state index contributed by atoms with van der Waals surface area (Å²) in [6.07, 6.45) is 3.32. The number of aryl methyl sites for hydroxylation is 1. The van der Waals surface area contributed by atoms with Crippen LogP contribution in [-0.2, 0) is 13.3 Å². The number of carbonyl (C=O) groups excluding carboxylic acids is 1. The van der Waals surface area contributed by atoms with Crippen molar-refractivity contribution in [3.63, 3.8) is 0 Å². The molecule has 7 nitrogen and oxygen atoms in total. The minimum atomic E-state index is -0.288. The van der Waals surface area contributed by atoms with Crippen molar-refractivity contribution >= 4 is 23.2 Å². The standard InChI is InChI=1S/C17H18ClN5O2/c1-3-23-12(2)16(10-19-23)20-17(24)15-8-9-22(21-15)11-25-14-6-4-13(18)5-7-14/h4-10H,3,11H2,1-2H3,(H,20,24). The number of anilines is 1. The molecule has 0 aliphatic carbocycles. The number of benzene rings is 1. The Hall–Kier alpha value is -2.80. The van der Waals surface area contributed by atoms with Crippen molar-refractivity contribution in [2.24, 2.45) is 0 Å². The third-order valence-electron chi connectivity index (χ3n) is 3.70. The Bertz CT molecular complexity index is 870. The molecule has 0 bridgehead atoms. The van der Waals surface area contributed by atoms with Gasteiger partial charge in [-0.05, 0) is 44.2 Å². The molecule has 8 heteroatoms. The normalized spacial score (nSPS) is 10.7. The number of hydrogen-bond acceptors (Lipinski definition) is 4. The molecule has 0 aliphatic rings. The molecule has 130 valence electrons. The number of amides is 1. The predicted molar refractivity (Wildman–Crippen MR) is 94.9 cm³/mol. The van der Waals surface area contributed by atoms with Gasteiger partial charge in [0.05, 0.1) is 17.6 Å². The maximum atomic E-state index is 12.3. The molecule has 1 amide bonds. The monoisotopic (exact) mass is 359 g/mol. The van der Waals surface area contributed by atoms with E-state index in [0.29, 0.717) is 22.2 Å². The third-order valence-corrected chi connectivity index (χ3v) is 3.95. The lowest BCUT2D eigenvalue weighted by molar-refractivity contribution is 0.102. The molecule has 3 aromatic rings. The van der Waals surface area contributed by atoms with Crippen molar-refractivity contribution < 1.29 is 9.53 Å². The first-order chi connectivity index (χ1) is 12.1. The smallest absolute Gasteiger partial charge is 0.276 e. The summed E-state index contributed by atoms with van der Waals surface area (Å²) in [7, 11) is 0. The molecule has 1 N–H and O–H groups in total. The summed E-state index contributed by atoms with van der Waals surface area (Å²) in [5.41, 5.74) is 1.89. The van der Waals surface area contributed by atoms with Crippen LogP contribution in [0.25, 0.3) is 0 Å². The van der Waals surface area contributed by atoms with Crippen LogP contribution >= 0.6 is 11.6 Å². The van der Waals surface area contributed by atoms with Crippen LogP contribution in [0.2, 0.25) is 5.02 Å². The van der Waals surface area contributed by atoms with E-state index >= 15 is 0 Å². The van der Waals surface area contributed by atoms with Gasteiger partial charge in [-0.2, -0.15) is 10.2 Å². The van der Waals surface area contributed by atoms with Crippen LogP contribution in [0.1, 0.15) is 23.1 Å². The van der Waals surface area contributed by atoms with Crippen LogP contribution < -0.4 is 10.1 Å². The van der Waals surface area contributed by atoms with E-state index in [1.54, 1.807) is 47.4 Å². The van der Waals surface area contributed by atoms with E-state index in [-0.39, 0.29) is 12.6 Å². The van der Waals surface area contributed by atoms with Gasteiger partial charge in [0.15, 0.2) is 12.4 Å². The van der Waals surface area contributed by atoms with E-state index in [9.17, 15) is 4.79 Å². The average molecular weight is 360 g/mol. The molecular formula is C17H18ClN5O2. The largest absolute Gasteiger partial charge is 0.471 e. The van der Waals surface area contributed by atoms with Crippen LogP contribution in [0.15, 0.2) is 42.7 Å². The summed E-state index contributed by atoms with van der Waals surface area (Å²) < 4.78 is 8.95. The summed E-state index contributed by atoms with van der Waals surface area (Å²) in [6, 6.07) is 8.68. The first kappa shape index (κ1) is 17.0. The van der Waals surface area contributed by atoms with E-state index in [1.807, 2.05) is 18.5 Å². The molecule has 0 unspecified atom stereocenters. The van der Waals surface area contributed by atoms with Crippen molar-refractivity contribution in [2.75, 3.05) is 5.32 Å². The lowest BCUT2D eigenvalue weighted by atomic mass is 10.3. The second-order valence-corrected chi connectivity index (χ2v) is 5.82. The molecule has 1 aromatic carbocycles. The molecule has 0 spiro atoms. The molecule has 2 aromatic heterocycles. The van der Waals surface area contributed by atoms with Crippen molar-refractivity contribution in [2.45, 2.75) is 27.1 Å². The molecule has 0 atom stereocenters. The van der Waals surface area contributed by atoms with Crippen LogP contribution in [0.5, 0.6) is 5.75 Å². The first-order valence-electron chi connectivity index (χ1n) is 7.82. The highest BCUT2D eigenvalue weighted by Gasteiger charge is 2.13. The van der Waals surface area contributed by atoms with Crippen molar-refractivity contribution in [1.29, 1.82) is 0 Å². The predicted octanol–water partition coefficient (Wildman–Crippen LogP) is 3.35. The highest BCUT2D eigenvalue weighted by molar-refractivity contribution is 6.30. The fraction of sp³-hybridized carbons (Fsp3) is 0.235. The van der Waals surface area contributed by atoms with Crippen molar-refractivity contribution in [1.82, 2.24) is 19.6 Å². The Kier molecular flexibility index (Phi) is 5.04. The van der Waals surface area contributed by atoms with E-state index in [0.717, 1.165) is 12.2 Å². The SMILES string of the molecule is CCn1ncc(NC(=O)c2ccn(COc3ccc(Cl)cc3)n2)c1C. The maximum absolute atomic E-state index is 12.3. The molecule has 0 aliphatic heterocycles.